The topological polar surface area (TPSA) is 57.2 Å². The van der Waals surface area contributed by atoms with Gasteiger partial charge in [0.05, 0.1) is 31.5 Å². The Kier molecular flexibility index (Phi) is 11.9. The van der Waals surface area contributed by atoms with Crippen LogP contribution in [0.15, 0.2) is 42.5 Å². The van der Waals surface area contributed by atoms with Crippen LogP contribution in [0.1, 0.15) is 94.2 Å². The summed E-state index contributed by atoms with van der Waals surface area (Å²) < 4.78 is 26.5. The SMILES string of the molecule is CCCCOC[C@@H]1C[C@H](OCCCC)C[C@H](c2cc(Cc3cc4ccccc4s3)c(O)cc2OCCCC)O1. The second kappa shape index (κ2) is 15.6. The molecule has 1 aliphatic heterocycles. The fourth-order valence-electron chi connectivity index (χ4n) is 5.06. The van der Waals surface area contributed by atoms with E-state index < -0.39 is 0 Å². The average Bonchev–Trinajstić information content (AvgIpc) is 3.35. The summed E-state index contributed by atoms with van der Waals surface area (Å²) in [6, 6.07) is 14.6. The van der Waals surface area contributed by atoms with Crippen LogP contribution in [-0.2, 0) is 20.6 Å². The number of ether oxygens (including phenoxy) is 4. The van der Waals surface area contributed by atoms with Gasteiger partial charge >= 0.3 is 0 Å². The van der Waals surface area contributed by atoms with E-state index in [1.54, 1.807) is 17.4 Å². The van der Waals surface area contributed by atoms with Gasteiger partial charge in [-0.25, -0.2) is 0 Å². The minimum Gasteiger partial charge on any atom is -0.508 e. The molecule has 1 aliphatic rings. The van der Waals surface area contributed by atoms with Gasteiger partial charge in [0, 0.05) is 53.7 Å². The van der Waals surface area contributed by atoms with E-state index in [9.17, 15) is 5.11 Å². The van der Waals surface area contributed by atoms with Crippen molar-refractivity contribution in [1.29, 1.82) is 0 Å². The van der Waals surface area contributed by atoms with Crippen LogP contribution >= 0.6 is 11.3 Å². The number of thiophene rings is 1. The van der Waals surface area contributed by atoms with Crippen LogP contribution in [0.3, 0.4) is 0 Å². The van der Waals surface area contributed by atoms with Crippen molar-refractivity contribution in [3.05, 3.63) is 58.5 Å². The summed E-state index contributed by atoms with van der Waals surface area (Å²) in [7, 11) is 0. The summed E-state index contributed by atoms with van der Waals surface area (Å²) in [5, 5.41) is 12.3. The van der Waals surface area contributed by atoms with Crippen LogP contribution in [0.5, 0.6) is 11.5 Å². The normalized spacial score (nSPS) is 19.5. The number of fused-ring (bicyclic) bond motifs is 1. The van der Waals surface area contributed by atoms with E-state index in [2.05, 4.69) is 57.2 Å². The molecule has 0 aliphatic carbocycles. The summed E-state index contributed by atoms with van der Waals surface area (Å²) in [6.45, 7) is 9.23. The molecule has 0 bridgehead atoms. The number of phenols is 1. The molecule has 1 saturated heterocycles. The molecule has 4 rings (SSSR count). The molecule has 1 N–H and O–H groups in total. The standard InChI is InChI=1S/C33H46O5S/c1-4-7-14-35-23-27-20-26(36-15-8-5-2)21-32(38-27)29-19-25(30(34)22-31(29)37-16-9-6-3)18-28-17-24-12-10-11-13-33(24)39-28/h10-13,17,19,22,26-27,32,34H,4-9,14-16,18,20-21,23H2,1-3H3/t26-,27-,32+/m0/s1. The van der Waals surface area contributed by atoms with Gasteiger partial charge in [-0.2, -0.15) is 0 Å². The van der Waals surface area contributed by atoms with Crippen molar-refractivity contribution in [2.75, 3.05) is 26.4 Å². The summed E-state index contributed by atoms with van der Waals surface area (Å²) >= 11 is 1.78. The molecule has 0 saturated carbocycles. The number of benzene rings is 2. The van der Waals surface area contributed by atoms with Crippen molar-refractivity contribution in [2.24, 2.45) is 0 Å². The van der Waals surface area contributed by atoms with Crippen LogP contribution in [0.25, 0.3) is 10.1 Å². The van der Waals surface area contributed by atoms with Crippen molar-refractivity contribution in [1.82, 2.24) is 0 Å². The molecule has 1 aromatic heterocycles. The van der Waals surface area contributed by atoms with Crippen molar-refractivity contribution in [3.8, 4) is 11.5 Å². The van der Waals surface area contributed by atoms with Crippen molar-refractivity contribution in [3.63, 3.8) is 0 Å². The van der Waals surface area contributed by atoms with Crippen molar-refractivity contribution in [2.45, 2.75) is 96.9 Å². The number of aromatic hydroxyl groups is 1. The summed E-state index contributed by atoms with van der Waals surface area (Å²) in [5.41, 5.74) is 1.90. The van der Waals surface area contributed by atoms with Gasteiger partial charge in [0.1, 0.15) is 11.5 Å². The maximum absolute atomic E-state index is 11.1. The Morgan fingerprint density at radius 2 is 1.69 bits per heavy atom. The van der Waals surface area contributed by atoms with E-state index >= 15 is 0 Å². The zero-order chi connectivity index (χ0) is 27.5. The second-order valence-electron chi connectivity index (χ2n) is 10.6. The largest absolute Gasteiger partial charge is 0.508 e. The second-order valence-corrected chi connectivity index (χ2v) is 11.8. The summed E-state index contributed by atoms with van der Waals surface area (Å²) in [4.78, 5) is 1.23. The van der Waals surface area contributed by atoms with Gasteiger partial charge in [-0.05, 0) is 48.4 Å². The van der Waals surface area contributed by atoms with Gasteiger partial charge in [0.25, 0.3) is 0 Å². The first-order valence-corrected chi connectivity index (χ1v) is 15.7. The highest BCUT2D eigenvalue weighted by atomic mass is 32.1. The number of hydrogen-bond acceptors (Lipinski definition) is 6. The maximum Gasteiger partial charge on any atom is 0.128 e. The highest BCUT2D eigenvalue weighted by Crippen LogP contribution is 2.41. The molecule has 39 heavy (non-hydrogen) atoms. The van der Waals surface area contributed by atoms with Gasteiger partial charge in [-0.1, -0.05) is 58.2 Å². The average molecular weight is 555 g/mol. The first-order chi connectivity index (χ1) is 19.1. The Morgan fingerprint density at radius 3 is 2.49 bits per heavy atom. The van der Waals surface area contributed by atoms with Gasteiger partial charge in [0.2, 0.25) is 0 Å². The molecule has 0 amide bonds. The summed E-state index contributed by atoms with van der Waals surface area (Å²) in [6.07, 6.45) is 8.54. The molecule has 214 valence electrons. The highest BCUT2D eigenvalue weighted by Gasteiger charge is 2.33. The molecule has 5 nitrogen and oxygen atoms in total. The van der Waals surface area contributed by atoms with Crippen molar-refractivity contribution < 1.29 is 24.1 Å². The number of unbranched alkanes of at least 4 members (excludes halogenated alkanes) is 3. The lowest BCUT2D eigenvalue weighted by atomic mass is 9.93. The lowest BCUT2D eigenvalue weighted by Gasteiger charge is -2.36. The third-order valence-corrected chi connectivity index (χ3v) is 8.43. The minimum atomic E-state index is -0.177. The van der Waals surface area contributed by atoms with E-state index in [4.69, 9.17) is 18.9 Å². The molecule has 3 atom stereocenters. The lowest BCUT2D eigenvalue weighted by molar-refractivity contribution is -0.138. The molecule has 1 fully saturated rings. The maximum atomic E-state index is 11.1. The minimum absolute atomic E-state index is 0.0319. The van der Waals surface area contributed by atoms with E-state index in [1.165, 1.54) is 15.0 Å². The fraction of sp³-hybridized carbons (Fsp3) is 0.576. The fourth-order valence-corrected chi connectivity index (χ4v) is 6.15. The van der Waals surface area contributed by atoms with E-state index in [0.717, 1.165) is 75.7 Å². The Balaban J connectivity index is 1.60. The molecular weight excluding hydrogens is 508 g/mol. The Morgan fingerprint density at radius 1 is 0.923 bits per heavy atom. The zero-order valence-corrected chi connectivity index (χ0v) is 24.8. The first-order valence-electron chi connectivity index (χ1n) is 14.9. The molecule has 0 radical (unpaired) electrons. The number of rotatable bonds is 16. The van der Waals surface area contributed by atoms with Gasteiger partial charge in [-0.15, -0.1) is 11.3 Å². The van der Waals surface area contributed by atoms with Crippen LogP contribution in [-0.4, -0.2) is 43.7 Å². The zero-order valence-electron chi connectivity index (χ0n) is 24.0. The van der Waals surface area contributed by atoms with Gasteiger partial charge in [0.15, 0.2) is 0 Å². The Hall–Kier alpha value is -2.12. The number of phenolic OH excluding ortho intramolecular Hbond substituents is 1. The van der Waals surface area contributed by atoms with Gasteiger partial charge in [-0.3, -0.25) is 0 Å². The molecule has 2 heterocycles. The molecule has 0 spiro atoms. The van der Waals surface area contributed by atoms with Crippen molar-refractivity contribution >= 4 is 21.4 Å². The Bertz CT molecular complexity index is 1110. The van der Waals surface area contributed by atoms with E-state index in [1.807, 2.05) is 0 Å². The molecule has 6 heteroatoms. The quantitative estimate of drug-likeness (QED) is 0.180. The Labute approximate surface area is 238 Å². The van der Waals surface area contributed by atoms with Crippen LogP contribution in [0.2, 0.25) is 0 Å². The van der Waals surface area contributed by atoms with Crippen LogP contribution in [0.4, 0.5) is 0 Å². The first kappa shape index (κ1) is 29.9. The monoisotopic (exact) mass is 554 g/mol. The smallest absolute Gasteiger partial charge is 0.128 e. The third kappa shape index (κ3) is 8.68. The number of hydrogen-bond donors (Lipinski definition) is 1. The predicted molar refractivity (Wildman–Crippen MR) is 160 cm³/mol. The van der Waals surface area contributed by atoms with Crippen LogP contribution < -0.4 is 4.74 Å². The van der Waals surface area contributed by atoms with E-state index in [-0.39, 0.29) is 24.1 Å². The lowest BCUT2D eigenvalue weighted by Crippen LogP contribution is -2.36. The highest BCUT2D eigenvalue weighted by molar-refractivity contribution is 7.19. The summed E-state index contributed by atoms with van der Waals surface area (Å²) in [5.74, 6) is 0.986. The molecule has 0 unspecified atom stereocenters. The predicted octanol–water partition coefficient (Wildman–Crippen LogP) is 8.60. The van der Waals surface area contributed by atoms with E-state index in [0.29, 0.717) is 25.4 Å². The van der Waals surface area contributed by atoms with Gasteiger partial charge < -0.3 is 24.1 Å². The molecular formula is C33H46O5S. The van der Waals surface area contributed by atoms with Crippen LogP contribution in [0, 0.1) is 0 Å². The third-order valence-electron chi connectivity index (χ3n) is 7.31. The molecule has 2 aromatic carbocycles. The molecule has 3 aromatic rings.